The van der Waals surface area contributed by atoms with Crippen molar-refractivity contribution in [3.05, 3.63) is 77.0 Å². The number of benzene rings is 2. The summed E-state index contributed by atoms with van der Waals surface area (Å²) in [6, 6.07) is 14.9. The van der Waals surface area contributed by atoms with Crippen LogP contribution in [-0.2, 0) is 22.5 Å². The Morgan fingerprint density at radius 2 is 1.83 bits per heavy atom. The summed E-state index contributed by atoms with van der Waals surface area (Å²) in [6.45, 7) is 4.15. The molecule has 36 heavy (non-hydrogen) atoms. The molecule has 0 spiro atoms. The van der Waals surface area contributed by atoms with E-state index in [2.05, 4.69) is 4.98 Å². The number of aryl methyl sites for hydroxylation is 2. The molecule has 0 radical (unpaired) electrons. The Balaban J connectivity index is 0.00000361. The lowest BCUT2D eigenvalue weighted by atomic mass is 10.1. The number of nitrogens with zero attached hydrogens (tertiary/aromatic N) is 2. The van der Waals surface area contributed by atoms with Crippen molar-refractivity contribution in [1.29, 1.82) is 0 Å². The second kappa shape index (κ2) is 12.2. The summed E-state index contributed by atoms with van der Waals surface area (Å²) in [5, 5.41) is 0. The van der Waals surface area contributed by atoms with Crippen molar-refractivity contribution in [2.24, 2.45) is 0 Å². The second-order valence-corrected chi connectivity index (χ2v) is 8.63. The second-order valence-electron chi connectivity index (χ2n) is 8.63. The van der Waals surface area contributed by atoms with E-state index in [0.29, 0.717) is 36.3 Å². The molecule has 1 aliphatic carbocycles. The lowest BCUT2D eigenvalue weighted by Gasteiger charge is -2.21. The van der Waals surface area contributed by atoms with Crippen molar-refractivity contribution in [3.8, 4) is 11.5 Å². The highest BCUT2D eigenvalue weighted by molar-refractivity contribution is 5.79. The predicted octanol–water partition coefficient (Wildman–Crippen LogP) is 5.60. The minimum atomic E-state index is -0.609. The molecule has 0 N–H and O–H groups in total. The van der Waals surface area contributed by atoms with Crippen LogP contribution in [0.5, 0.6) is 11.5 Å². The highest BCUT2D eigenvalue weighted by Gasteiger charge is 2.25. The van der Waals surface area contributed by atoms with Gasteiger partial charge >= 0.3 is 12.1 Å². The molecule has 0 aliphatic heterocycles. The third-order valence-electron chi connectivity index (χ3n) is 5.82. The molecular weight excluding hydrogens is 460 g/mol. The number of methoxy groups -OCH3 is 1. The van der Waals surface area contributed by atoms with Crippen LogP contribution in [0.1, 0.15) is 54.7 Å². The van der Waals surface area contributed by atoms with Crippen molar-refractivity contribution >= 4 is 12.1 Å². The molecular formula is C28H34N2O6. The maximum Gasteiger partial charge on any atom is 0.416 e. The van der Waals surface area contributed by atoms with E-state index in [-0.39, 0.29) is 20.5 Å². The van der Waals surface area contributed by atoms with E-state index in [9.17, 15) is 9.59 Å². The summed E-state index contributed by atoms with van der Waals surface area (Å²) >= 11 is 0. The minimum absolute atomic E-state index is 0. The molecule has 0 atom stereocenters. The average Bonchev–Trinajstić information content (AvgIpc) is 3.64. The number of oxazole rings is 1. The van der Waals surface area contributed by atoms with Gasteiger partial charge in [-0.2, -0.15) is 0 Å². The van der Waals surface area contributed by atoms with Crippen molar-refractivity contribution < 1.29 is 28.2 Å². The molecule has 1 aromatic heterocycles. The van der Waals surface area contributed by atoms with Crippen molar-refractivity contribution in [2.75, 3.05) is 20.3 Å². The minimum Gasteiger partial charge on any atom is -0.493 e. The number of ether oxygens (including phenoxy) is 3. The quantitative estimate of drug-likeness (QED) is 0.339. The Morgan fingerprint density at radius 3 is 2.47 bits per heavy atom. The van der Waals surface area contributed by atoms with E-state index in [1.807, 2.05) is 56.3 Å². The summed E-state index contributed by atoms with van der Waals surface area (Å²) in [5.41, 5.74) is 2.88. The molecule has 1 saturated carbocycles. The molecule has 1 aliphatic rings. The topological polar surface area (TPSA) is 91.1 Å². The monoisotopic (exact) mass is 494 g/mol. The van der Waals surface area contributed by atoms with Crippen LogP contribution in [-0.4, -0.2) is 42.2 Å². The molecule has 8 nitrogen and oxygen atoms in total. The first-order valence-corrected chi connectivity index (χ1v) is 11.7. The summed E-state index contributed by atoms with van der Waals surface area (Å²) in [6.07, 6.45) is 2.35. The Kier molecular flexibility index (Phi) is 9.11. The fraction of sp³-hybridized carbons (Fsp3) is 0.393. The molecule has 0 bridgehead atoms. The van der Waals surface area contributed by atoms with E-state index >= 15 is 0 Å². The molecule has 1 fully saturated rings. The Bertz CT molecular complexity index is 1170. The fourth-order valence-corrected chi connectivity index (χ4v) is 3.80. The van der Waals surface area contributed by atoms with Gasteiger partial charge in [-0.25, -0.2) is 9.78 Å². The Hall–Kier alpha value is -3.81. The fourth-order valence-electron chi connectivity index (χ4n) is 3.80. The average molecular weight is 495 g/mol. The highest BCUT2D eigenvalue weighted by Crippen LogP contribution is 2.41. The third kappa shape index (κ3) is 7.34. The zero-order valence-corrected chi connectivity index (χ0v) is 20.3. The number of hydrogen-bond acceptors (Lipinski definition) is 7. The van der Waals surface area contributed by atoms with Crippen LogP contribution in [0.4, 0.5) is 4.79 Å². The largest absolute Gasteiger partial charge is 0.493 e. The summed E-state index contributed by atoms with van der Waals surface area (Å²) < 4.78 is 21.6. The smallest absolute Gasteiger partial charge is 0.416 e. The van der Waals surface area contributed by atoms with Crippen molar-refractivity contribution in [1.82, 2.24) is 9.88 Å². The normalized spacial score (nSPS) is 12.4. The van der Waals surface area contributed by atoms with Gasteiger partial charge in [0.2, 0.25) is 0 Å². The molecule has 0 saturated heterocycles. The number of hydrogen-bond donors (Lipinski definition) is 0. The zero-order chi connectivity index (χ0) is 24.8. The van der Waals surface area contributed by atoms with Crippen LogP contribution in [0.2, 0.25) is 0 Å². The summed E-state index contributed by atoms with van der Waals surface area (Å²) in [5.74, 6) is 2.64. The number of rotatable bonds is 10. The van der Waals surface area contributed by atoms with Gasteiger partial charge in [-0.1, -0.05) is 31.7 Å². The first-order chi connectivity index (χ1) is 16.9. The van der Waals surface area contributed by atoms with Gasteiger partial charge in [-0.3, -0.25) is 9.69 Å². The van der Waals surface area contributed by atoms with Crippen LogP contribution in [0.3, 0.4) is 0 Å². The van der Waals surface area contributed by atoms with Crippen LogP contribution in [0.25, 0.3) is 0 Å². The first kappa shape index (κ1) is 26.8. The van der Waals surface area contributed by atoms with E-state index in [1.54, 1.807) is 6.07 Å². The number of aromatic nitrogens is 1. The molecule has 4 rings (SSSR count). The molecule has 8 heteroatoms. The SMILES string of the molecule is C.COC(=O)CN(Cc1ccc(OCCc2nc(C)oc2C)cc1)C(=O)Oc1cccc(C2CC2)c1. The van der Waals surface area contributed by atoms with Crippen LogP contribution >= 0.6 is 0 Å². The van der Waals surface area contributed by atoms with Crippen LogP contribution < -0.4 is 9.47 Å². The standard InChI is InChI=1S/C27H30N2O6.CH4/c1-18-25(28-19(2)34-18)13-14-33-23-11-7-20(8-12-23)16-29(17-26(30)32-3)27(31)35-24-6-4-5-22(15-24)21-9-10-21;/h4-8,11-12,15,21H,9-10,13-14,16-17H2,1-3H3;1H4. The molecule has 1 heterocycles. The molecule has 192 valence electrons. The molecule has 1 amide bonds. The van der Waals surface area contributed by atoms with E-state index in [4.69, 9.17) is 18.6 Å². The van der Waals surface area contributed by atoms with Gasteiger partial charge in [0.1, 0.15) is 23.8 Å². The Morgan fingerprint density at radius 1 is 1.08 bits per heavy atom. The lowest BCUT2D eigenvalue weighted by Crippen LogP contribution is -2.37. The van der Waals surface area contributed by atoms with Gasteiger partial charge in [0.15, 0.2) is 5.89 Å². The lowest BCUT2D eigenvalue weighted by molar-refractivity contribution is -0.141. The van der Waals surface area contributed by atoms with Crippen molar-refractivity contribution in [3.63, 3.8) is 0 Å². The molecule has 3 aromatic rings. The number of carbonyl (C=O) groups is 2. The van der Waals surface area contributed by atoms with Crippen LogP contribution in [0.15, 0.2) is 52.9 Å². The number of esters is 1. The van der Waals surface area contributed by atoms with E-state index in [1.165, 1.54) is 17.6 Å². The van der Waals surface area contributed by atoms with Gasteiger partial charge < -0.3 is 18.6 Å². The predicted molar refractivity (Wildman–Crippen MR) is 135 cm³/mol. The third-order valence-corrected chi connectivity index (χ3v) is 5.82. The molecule has 2 aromatic carbocycles. The maximum absolute atomic E-state index is 12.9. The van der Waals surface area contributed by atoms with Crippen molar-refractivity contribution in [2.45, 2.75) is 53.0 Å². The van der Waals surface area contributed by atoms with Gasteiger partial charge in [0, 0.05) is 19.9 Å². The van der Waals surface area contributed by atoms with Gasteiger partial charge in [0.25, 0.3) is 0 Å². The molecule has 0 unspecified atom stereocenters. The van der Waals surface area contributed by atoms with Gasteiger partial charge in [-0.05, 0) is 61.1 Å². The first-order valence-electron chi connectivity index (χ1n) is 11.7. The van der Waals surface area contributed by atoms with Crippen LogP contribution in [0, 0.1) is 13.8 Å². The van der Waals surface area contributed by atoms with Gasteiger partial charge in [-0.15, -0.1) is 0 Å². The summed E-state index contributed by atoms with van der Waals surface area (Å²) in [7, 11) is 1.29. The summed E-state index contributed by atoms with van der Waals surface area (Å²) in [4.78, 5) is 30.5. The zero-order valence-electron chi connectivity index (χ0n) is 20.3. The van der Waals surface area contributed by atoms with Gasteiger partial charge in [0.05, 0.1) is 19.4 Å². The number of carbonyl (C=O) groups excluding carboxylic acids is 2. The maximum atomic E-state index is 12.9. The number of amides is 1. The highest BCUT2D eigenvalue weighted by atomic mass is 16.6. The van der Waals surface area contributed by atoms with E-state index < -0.39 is 12.1 Å². The van der Waals surface area contributed by atoms with E-state index in [0.717, 1.165) is 29.9 Å². The Labute approximate surface area is 212 Å².